The first-order valence-electron chi connectivity index (χ1n) is 13.1. The van der Waals surface area contributed by atoms with E-state index in [2.05, 4.69) is 33.2 Å². The van der Waals surface area contributed by atoms with Gasteiger partial charge >= 0.3 is 5.82 Å². The molecule has 1 atom stereocenters. The molecule has 39 heavy (non-hydrogen) atoms. The van der Waals surface area contributed by atoms with E-state index in [9.17, 15) is 14.9 Å². The summed E-state index contributed by atoms with van der Waals surface area (Å²) in [6, 6.07) is 21.8. The molecule has 0 fully saturated rings. The minimum absolute atomic E-state index is 0.0285. The lowest BCUT2D eigenvalue weighted by molar-refractivity contribution is -0.917. The molecule has 3 aromatic carbocycles. The number of hydrogen-bond acceptors (Lipinski definition) is 4. The lowest BCUT2D eigenvalue weighted by Crippen LogP contribution is -2.38. The summed E-state index contributed by atoms with van der Waals surface area (Å²) < 4.78 is 2.24. The number of anilines is 2. The van der Waals surface area contributed by atoms with Gasteiger partial charge in [-0.25, -0.2) is 4.57 Å². The number of nitro groups is 1. The zero-order chi connectivity index (χ0) is 27.9. The van der Waals surface area contributed by atoms with Crippen molar-refractivity contribution in [2.75, 3.05) is 31.3 Å². The predicted octanol–water partition coefficient (Wildman–Crippen LogP) is 5.61. The van der Waals surface area contributed by atoms with Gasteiger partial charge in [-0.05, 0) is 28.0 Å². The first-order chi connectivity index (χ1) is 18.6. The van der Waals surface area contributed by atoms with Crippen LogP contribution in [0.2, 0.25) is 0 Å². The molecule has 8 nitrogen and oxygen atoms in total. The van der Waals surface area contributed by atoms with Crippen LogP contribution in [0, 0.1) is 10.1 Å². The highest BCUT2D eigenvalue weighted by Crippen LogP contribution is 2.43. The van der Waals surface area contributed by atoms with Crippen molar-refractivity contribution in [3.05, 3.63) is 105 Å². The largest absolute Gasteiger partial charge is 0.398 e. The Morgan fingerprint density at radius 1 is 1.08 bits per heavy atom. The molecule has 2 N–H and O–H groups in total. The van der Waals surface area contributed by atoms with Crippen LogP contribution >= 0.6 is 0 Å². The van der Waals surface area contributed by atoms with Gasteiger partial charge in [0.05, 0.1) is 32.4 Å². The maximum absolute atomic E-state index is 13.4. The van der Waals surface area contributed by atoms with E-state index in [4.69, 9.17) is 5.73 Å². The van der Waals surface area contributed by atoms with Crippen LogP contribution in [0.15, 0.2) is 72.8 Å². The number of hydrogen-bond donors (Lipinski definition) is 1. The second kappa shape index (κ2) is 10.0. The number of carbonyl (C=O) groups excluding carboxylic acids is 1. The van der Waals surface area contributed by atoms with Gasteiger partial charge in [-0.3, -0.25) is 4.79 Å². The summed E-state index contributed by atoms with van der Waals surface area (Å²) in [5, 5.41) is 14.1. The molecule has 0 aliphatic carbocycles. The Kier molecular flexibility index (Phi) is 6.74. The highest BCUT2D eigenvalue weighted by Gasteiger charge is 2.32. The monoisotopic (exact) mass is 524 g/mol. The fourth-order valence-corrected chi connectivity index (χ4v) is 5.82. The molecular formula is C31H34N5O3+. The molecule has 8 heteroatoms. The number of nitrogens with zero attached hydrogens (tertiary/aromatic N) is 4. The van der Waals surface area contributed by atoms with Crippen LogP contribution < -0.4 is 10.6 Å². The normalized spacial score (nSPS) is 15.3. The number of aromatic nitrogens is 1. The summed E-state index contributed by atoms with van der Waals surface area (Å²) in [6.45, 7) is 4.01. The third kappa shape index (κ3) is 5.03. The minimum atomic E-state index is -0.384. The molecule has 1 aliphatic rings. The zero-order valence-corrected chi connectivity index (χ0v) is 22.8. The smallest absolute Gasteiger partial charge is 0.330 e. The SMILES string of the molecule is CC1CN(C(=O)/C=C/c2cc(C[N+](C)(C)Cc3ccccc3)n(C)c2[N+](=O)[O-])c2cc(N)c3ccccc3c21. The quantitative estimate of drug-likeness (QED) is 0.112. The Labute approximate surface area is 228 Å². The maximum atomic E-state index is 13.4. The van der Waals surface area contributed by atoms with Crippen LogP contribution in [0.4, 0.5) is 17.2 Å². The lowest BCUT2D eigenvalue weighted by Gasteiger charge is -2.29. The summed E-state index contributed by atoms with van der Waals surface area (Å²) >= 11 is 0. The molecule has 0 saturated heterocycles. The van der Waals surface area contributed by atoms with E-state index in [1.165, 1.54) is 11.6 Å². The topological polar surface area (TPSA) is 94.4 Å². The van der Waals surface area contributed by atoms with Gasteiger partial charge in [0.15, 0.2) is 5.69 Å². The molecule has 0 radical (unpaired) electrons. The fraction of sp³-hybridized carbons (Fsp3) is 0.258. The van der Waals surface area contributed by atoms with E-state index in [1.54, 1.807) is 22.6 Å². The molecule has 4 aromatic rings. The number of nitrogens with two attached hydrogens (primary N) is 1. The minimum Gasteiger partial charge on any atom is -0.398 e. The molecule has 1 aromatic heterocycles. The first kappa shape index (κ1) is 26.2. The molecule has 0 bridgehead atoms. The van der Waals surface area contributed by atoms with Crippen LogP contribution in [-0.4, -0.2) is 40.5 Å². The van der Waals surface area contributed by atoms with Gasteiger partial charge < -0.3 is 25.2 Å². The van der Waals surface area contributed by atoms with Crippen molar-refractivity contribution in [2.24, 2.45) is 7.05 Å². The third-order valence-electron chi connectivity index (χ3n) is 7.55. The van der Waals surface area contributed by atoms with E-state index in [-0.39, 0.29) is 22.6 Å². The Bertz CT molecular complexity index is 1600. The number of fused-ring (bicyclic) bond motifs is 3. The molecule has 1 amide bonds. The van der Waals surface area contributed by atoms with Crippen molar-refractivity contribution in [1.82, 2.24) is 4.57 Å². The predicted molar refractivity (Wildman–Crippen MR) is 156 cm³/mol. The van der Waals surface area contributed by atoms with Crippen molar-refractivity contribution < 1.29 is 14.2 Å². The zero-order valence-electron chi connectivity index (χ0n) is 22.8. The van der Waals surface area contributed by atoms with E-state index >= 15 is 0 Å². The summed E-state index contributed by atoms with van der Waals surface area (Å²) in [4.78, 5) is 26.7. The molecule has 1 unspecified atom stereocenters. The van der Waals surface area contributed by atoms with E-state index < -0.39 is 0 Å². The van der Waals surface area contributed by atoms with Crippen molar-refractivity contribution in [3.63, 3.8) is 0 Å². The van der Waals surface area contributed by atoms with Gasteiger partial charge in [0, 0.05) is 41.2 Å². The van der Waals surface area contributed by atoms with Gasteiger partial charge in [-0.15, -0.1) is 0 Å². The molecule has 2 heterocycles. The summed E-state index contributed by atoms with van der Waals surface area (Å²) in [6.07, 6.45) is 3.00. The number of quaternary nitrogens is 1. The molecular weight excluding hydrogens is 490 g/mol. The fourth-order valence-electron chi connectivity index (χ4n) is 5.82. The number of amides is 1. The Morgan fingerprint density at radius 2 is 1.74 bits per heavy atom. The summed E-state index contributed by atoms with van der Waals surface area (Å²) in [5.41, 5.74) is 11.3. The van der Waals surface area contributed by atoms with Crippen LogP contribution in [0.25, 0.3) is 16.8 Å². The Balaban J connectivity index is 1.42. The second-order valence-corrected chi connectivity index (χ2v) is 11.1. The molecule has 0 spiro atoms. The summed E-state index contributed by atoms with van der Waals surface area (Å²) in [5.74, 6) is -0.112. The Hall–Kier alpha value is -4.43. The van der Waals surface area contributed by atoms with Crippen molar-refractivity contribution in [3.8, 4) is 0 Å². The molecule has 200 valence electrons. The van der Waals surface area contributed by atoms with Gasteiger partial charge in [-0.2, -0.15) is 0 Å². The standard InChI is InChI=1S/C31H34N5O3/c1-21-18-34(28-17-27(32)25-12-8-9-13-26(25)30(21)28)29(37)15-14-23-16-24(33(2)31(23)35(38)39)20-36(3,4)19-22-10-6-5-7-11-22/h5-17,21H,18-20,32H2,1-4H3/q+1/b15-14+. The summed E-state index contributed by atoms with van der Waals surface area (Å²) in [7, 11) is 5.92. The highest BCUT2D eigenvalue weighted by molar-refractivity contribution is 6.10. The van der Waals surface area contributed by atoms with Gasteiger partial charge in [0.1, 0.15) is 13.1 Å². The molecule has 5 rings (SSSR count). The Morgan fingerprint density at radius 3 is 2.44 bits per heavy atom. The molecule has 1 aliphatic heterocycles. The van der Waals surface area contributed by atoms with E-state index in [1.807, 2.05) is 54.6 Å². The number of rotatable bonds is 7. The molecule has 0 saturated carbocycles. The number of nitrogen functional groups attached to an aromatic ring is 1. The van der Waals surface area contributed by atoms with Crippen molar-refractivity contribution in [1.29, 1.82) is 0 Å². The van der Waals surface area contributed by atoms with Gasteiger partial charge in [-0.1, -0.05) is 61.5 Å². The first-order valence-corrected chi connectivity index (χ1v) is 13.1. The highest BCUT2D eigenvalue weighted by atomic mass is 16.6. The van der Waals surface area contributed by atoms with Crippen LogP contribution in [0.3, 0.4) is 0 Å². The van der Waals surface area contributed by atoms with Crippen LogP contribution in [0.5, 0.6) is 0 Å². The lowest BCUT2D eigenvalue weighted by atomic mass is 9.95. The van der Waals surface area contributed by atoms with E-state index in [0.717, 1.165) is 34.3 Å². The number of carbonyl (C=O) groups is 1. The maximum Gasteiger partial charge on any atom is 0.330 e. The average Bonchev–Trinajstić information content (AvgIpc) is 3.38. The average molecular weight is 525 g/mol. The van der Waals surface area contributed by atoms with Crippen molar-refractivity contribution in [2.45, 2.75) is 25.9 Å². The van der Waals surface area contributed by atoms with Crippen LogP contribution in [0.1, 0.15) is 35.2 Å². The van der Waals surface area contributed by atoms with Crippen molar-refractivity contribution >= 4 is 39.9 Å². The second-order valence-electron chi connectivity index (χ2n) is 11.1. The van der Waals surface area contributed by atoms with Gasteiger partial charge in [0.2, 0.25) is 0 Å². The third-order valence-corrected chi connectivity index (χ3v) is 7.55. The number of benzene rings is 3. The van der Waals surface area contributed by atoms with Crippen LogP contribution in [-0.2, 0) is 24.9 Å². The van der Waals surface area contributed by atoms with E-state index in [0.29, 0.717) is 28.8 Å². The van der Waals surface area contributed by atoms with Gasteiger partial charge in [0.25, 0.3) is 5.91 Å².